The molecule has 7 heteroatoms. The van der Waals surface area contributed by atoms with E-state index >= 15 is 0 Å². The van der Waals surface area contributed by atoms with Crippen LogP contribution < -0.4 is 10.9 Å². The summed E-state index contributed by atoms with van der Waals surface area (Å²) in [6.45, 7) is 0. The maximum absolute atomic E-state index is 12.5. The minimum absolute atomic E-state index is 0.0228. The number of ether oxygens (including phenoxy) is 1. The minimum atomic E-state index is -0.262. The van der Waals surface area contributed by atoms with Gasteiger partial charge in [0.1, 0.15) is 0 Å². The van der Waals surface area contributed by atoms with Crippen LogP contribution in [0.4, 0.5) is 0 Å². The SMILES string of the molecule is COC1CCCCC1NC(=O)c1ccc2c(=O)[nH]c(=S)[nH]c2c1. The van der Waals surface area contributed by atoms with E-state index in [4.69, 9.17) is 17.0 Å². The minimum Gasteiger partial charge on any atom is -0.379 e. The predicted octanol–water partition coefficient (Wildman–Crippen LogP) is 2.27. The molecule has 6 nitrogen and oxygen atoms in total. The molecule has 3 rings (SSSR count). The monoisotopic (exact) mass is 333 g/mol. The average Bonchev–Trinajstić information content (AvgIpc) is 2.54. The summed E-state index contributed by atoms with van der Waals surface area (Å²) in [4.78, 5) is 29.7. The van der Waals surface area contributed by atoms with Crippen LogP contribution in [0.25, 0.3) is 10.9 Å². The Morgan fingerprint density at radius 3 is 2.87 bits per heavy atom. The van der Waals surface area contributed by atoms with Crippen molar-refractivity contribution in [2.75, 3.05) is 7.11 Å². The molecule has 2 atom stereocenters. The van der Waals surface area contributed by atoms with Crippen molar-refractivity contribution in [3.8, 4) is 0 Å². The second-order valence-electron chi connectivity index (χ2n) is 5.81. The molecule has 2 unspecified atom stereocenters. The summed E-state index contributed by atoms with van der Waals surface area (Å²) in [5.74, 6) is -0.166. The quantitative estimate of drug-likeness (QED) is 0.752. The normalized spacial score (nSPS) is 21.3. The summed E-state index contributed by atoms with van der Waals surface area (Å²) >= 11 is 4.97. The zero-order chi connectivity index (χ0) is 16.4. The van der Waals surface area contributed by atoms with Crippen molar-refractivity contribution in [2.45, 2.75) is 37.8 Å². The molecule has 0 saturated heterocycles. The number of hydrogen-bond acceptors (Lipinski definition) is 4. The Hall–Kier alpha value is -1.99. The third-order valence-corrected chi connectivity index (χ3v) is 4.53. The van der Waals surface area contributed by atoms with Gasteiger partial charge in [-0.1, -0.05) is 12.8 Å². The first kappa shape index (κ1) is 15.9. The third-order valence-electron chi connectivity index (χ3n) is 4.32. The van der Waals surface area contributed by atoms with E-state index in [1.165, 1.54) is 0 Å². The molecule has 1 amide bonds. The number of aromatic amines is 2. The molecule has 0 radical (unpaired) electrons. The first-order valence-electron chi connectivity index (χ1n) is 7.68. The second kappa shape index (κ2) is 6.64. The number of carbonyl (C=O) groups is 1. The summed E-state index contributed by atoms with van der Waals surface area (Å²) in [7, 11) is 1.68. The van der Waals surface area contributed by atoms with Gasteiger partial charge in [0, 0.05) is 12.7 Å². The van der Waals surface area contributed by atoms with Gasteiger partial charge in [-0.05, 0) is 43.3 Å². The van der Waals surface area contributed by atoms with Gasteiger partial charge in [-0.15, -0.1) is 0 Å². The highest BCUT2D eigenvalue weighted by molar-refractivity contribution is 7.71. The van der Waals surface area contributed by atoms with Gasteiger partial charge in [-0.25, -0.2) is 0 Å². The molecular formula is C16H19N3O3S. The molecule has 2 aromatic rings. The van der Waals surface area contributed by atoms with E-state index in [2.05, 4.69) is 15.3 Å². The van der Waals surface area contributed by atoms with Gasteiger partial charge in [-0.3, -0.25) is 14.6 Å². The van der Waals surface area contributed by atoms with Crippen molar-refractivity contribution in [3.63, 3.8) is 0 Å². The zero-order valence-corrected chi connectivity index (χ0v) is 13.7. The molecule has 1 aromatic carbocycles. The van der Waals surface area contributed by atoms with Crippen molar-refractivity contribution >= 4 is 29.0 Å². The van der Waals surface area contributed by atoms with E-state index in [1.54, 1.807) is 25.3 Å². The van der Waals surface area contributed by atoms with Crippen LogP contribution in [-0.4, -0.2) is 35.1 Å². The predicted molar refractivity (Wildman–Crippen MR) is 90.3 cm³/mol. The molecule has 1 saturated carbocycles. The van der Waals surface area contributed by atoms with Gasteiger partial charge in [0.15, 0.2) is 4.77 Å². The van der Waals surface area contributed by atoms with Crippen LogP contribution in [0, 0.1) is 4.77 Å². The van der Waals surface area contributed by atoms with Crippen LogP contribution in [0.5, 0.6) is 0 Å². The van der Waals surface area contributed by atoms with E-state index in [0.29, 0.717) is 16.5 Å². The molecular weight excluding hydrogens is 314 g/mol. The summed E-state index contributed by atoms with van der Waals surface area (Å²) in [5, 5.41) is 3.51. The Bertz CT molecular complexity index is 842. The van der Waals surface area contributed by atoms with Gasteiger partial charge in [0.2, 0.25) is 0 Å². The summed E-state index contributed by atoms with van der Waals surface area (Å²) in [6, 6.07) is 4.95. The number of hydrogen-bond donors (Lipinski definition) is 3. The van der Waals surface area contributed by atoms with Crippen molar-refractivity contribution in [1.29, 1.82) is 0 Å². The van der Waals surface area contributed by atoms with Gasteiger partial charge in [0.05, 0.1) is 23.0 Å². The van der Waals surface area contributed by atoms with Crippen LogP contribution in [0.2, 0.25) is 0 Å². The highest BCUT2D eigenvalue weighted by Gasteiger charge is 2.26. The van der Waals surface area contributed by atoms with Crippen LogP contribution in [0.3, 0.4) is 0 Å². The first-order chi connectivity index (χ1) is 11.1. The number of H-pyrrole nitrogens is 2. The van der Waals surface area contributed by atoms with E-state index in [0.717, 1.165) is 25.7 Å². The molecule has 0 spiro atoms. The van der Waals surface area contributed by atoms with Crippen molar-refractivity contribution in [1.82, 2.24) is 15.3 Å². The van der Waals surface area contributed by atoms with E-state index < -0.39 is 0 Å². The summed E-state index contributed by atoms with van der Waals surface area (Å²) in [6.07, 6.45) is 4.15. The van der Waals surface area contributed by atoms with Gasteiger partial charge in [0.25, 0.3) is 11.5 Å². The maximum atomic E-state index is 12.5. The lowest BCUT2D eigenvalue weighted by molar-refractivity contribution is 0.0392. The molecule has 1 aromatic heterocycles. The topological polar surface area (TPSA) is 87.0 Å². The molecule has 1 aliphatic carbocycles. The number of carbonyl (C=O) groups excluding carboxylic acids is 1. The Balaban J connectivity index is 1.86. The van der Waals surface area contributed by atoms with Crippen LogP contribution in [0.1, 0.15) is 36.0 Å². The lowest BCUT2D eigenvalue weighted by Crippen LogP contribution is -2.45. The van der Waals surface area contributed by atoms with Crippen LogP contribution in [0.15, 0.2) is 23.0 Å². The van der Waals surface area contributed by atoms with Crippen LogP contribution in [-0.2, 0) is 4.74 Å². The van der Waals surface area contributed by atoms with Gasteiger partial charge < -0.3 is 15.0 Å². The number of aromatic nitrogens is 2. The Morgan fingerprint density at radius 2 is 2.09 bits per heavy atom. The van der Waals surface area contributed by atoms with Crippen molar-refractivity contribution < 1.29 is 9.53 Å². The largest absolute Gasteiger partial charge is 0.379 e. The smallest absolute Gasteiger partial charge is 0.259 e. The van der Waals surface area contributed by atoms with E-state index in [1.807, 2.05) is 0 Å². The van der Waals surface area contributed by atoms with Gasteiger partial charge >= 0.3 is 0 Å². The van der Waals surface area contributed by atoms with Crippen LogP contribution >= 0.6 is 12.2 Å². The average molecular weight is 333 g/mol. The third kappa shape index (κ3) is 3.35. The van der Waals surface area contributed by atoms with Gasteiger partial charge in [-0.2, -0.15) is 0 Å². The Kier molecular flexibility index (Phi) is 4.58. The fourth-order valence-corrected chi connectivity index (χ4v) is 3.31. The molecule has 0 aliphatic heterocycles. The van der Waals surface area contributed by atoms with E-state index in [9.17, 15) is 9.59 Å². The number of fused-ring (bicyclic) bond motifs is 1. The van der Waals surface area contributed by atoms with Crippen molar-refractivity contribution in [3.05, 3.63) is 38.9 Å². The number of nitrogens with one attached hydrogen (secondary N) is 3. The molecule has 1 fully saturated rings. The zero-order valence-electron chi connectivity index (χ0n) is 12.8. The number of methoxy groups -OCH3 is 1. The molecule has 23 heavy (non-hydrogen) atoms. The summed E-state index contributed by atoms with van der Waals surface area (Å²) in [5.41, 5.74) is 0.787. The number of amides is 1. The number of rotatable bonds is 3. The second-order valence-corrected chi connectivity index (χ2v) is 6.22. The lowest BCUT2D eigenvalue weighted by Gasteiger charge is -2.31. The number of benzene rings is 1. The highest BCUT2D eigenvalue weighted by Crippen LogP contribution is 2.21. The Morgan fingerprint density at radius 1 is 1.30 bits per heavy atom. The highest BCUT2D eigenvalue weighted by atomic mass is 32.1. The first-order valence-corrected chi connectivity index (χ1v) is 8.09. The lowest BCUT2D eigenvalue weighted by atomic mass is 9.92. The molecule has 3 N–H and O–H groups in total. The van der Waals surface area contributed by atoms with E-state index in [-0.39, 0.29) is 28.4 Å². The Labute approximate surface area is 138 Å². The molecule has 1 aliphatic rings. The molecule has 1 heterocycles. The van der Waals surface area contributed by atoms with Crippen molar-refractivity contribution in [2.24, 2.45) is 0 Å². The standard InChI is InChI=1S/C16H19N3O3S/c1-22-13-5-3-2-4-11(13)17-14(20)9-6-7-10-12(8-9)18-16(23)19-15(10)21/h6-8,11,13H,2-5H2,1H3,(H,17,20)(H2,18,19,21,23). The maximum Gasteiger partial charge on any atom is 0.259 e. The molecule has 122 valence electrons. The summed E-state index contributed by atoms with van der Waals surface area (Å²) < 4.78 is 5.70. The fraction of sp³-hybridized carbons (Fsp3) is 0.438. The fourth-order valence-electron chi connectivity index (χ4n) is 3.11. The molecule has 0 bridgehead atoms.